The molecule has 166 valence electrons. The first-order chi connectivity index (χ1) is 14.7. The number of carbonyl (C=O) groups excluding carboxylic acids is 1. The van der Waals surface area contributed by atoms with Gasteiger partial charge in [-0.2, -0.15) is 5.10 Å². The standard InChI is InChI=1S/C20H26N6O4S/c1-12(2)10-15(22-18-14-6-4-5-7-17(14)31(28,29)25-18)20(27)26-8-9-30-16(11-26)19-21-13(3)23-24-19/h4-7,12,15-16H,8-11H2,1-3H3,(H,22,25)(H,21,23,24). The Balaban J connectivity index is 1.60. The van der Waals surface area contributed by atoms with E-state index in [4.69, 9.17) is 4.74 Å². The van der Waals surface area contributed by atoms with E-state index < -0.39 is 22.2 Å². The number of aromatic nitrogens is 3. The van der Waals surface area contributed by atoms with E-state index in [9.17, 15) is 13.2 Å². The van der Waals surface area contributed by atoms with E-state index in [2.05, 4.69) is 24.9 Å². The molecule has 1 saturated heterocycles. The Morgan fingerprint density at radius 3 is 2.84 bits per heavy atom. The van der Waals surface area contributed by atoms with Crippen LogP contribution in [0.4, 0.5) is 0 Å². The number of nitrogens with one attached hydrogen (secondary N) is 2. The number of H-pyrrole nitrogens is 1. The number of ether oxygens (including phenoxy) is 1. The topological polar surface area (TPSA) is 130 Å². The number of carbonyl (C=O) groups is 1. The Morgan fingerprint density at radius 1 is 1.35 bits per heavy atom. The third-order valence-electron chi connectivity index (χ3n) is 5.21. The van der Waals surface area contributed by atoms with E-state index in [0.717, 1.165) is 0 Å². The summed E-state index contributed by atoms with van der Waals surface area (Å²) in [6, 6.07) is 5.93. The van der Waals surface area contributed by atoms with Gasteiger partial charge >= 0.3 is 0 Å². The number of aliphatic imine (C=N–C) groups is 1. The number of aryl methyl sites for hydroxylation is 1. The molecule has 0 aliphatic carbocycles. The van der Waals surface area contributed by atoms with Crippen LogP contribution in [0.15, 0.2) is 34.2 Å². The second kappa shape index (κ2) is 8.39. The summed E-state index contributed by atoms with van der Waals surface area (Å²) in [7, 11) is -3.67. The number of benzene rings is 1. The molecule has 0 spiro atoms. The Morgan fingerprint density at radius 2 is 2.13 bits per heavy atom. The fourth-order valence-corrected chi connectivity index (χ4v) is 5.00. The second-order valence-electron chi connectivity index (χ2n) is 8.15. The Kier molecular flexibility index (Phi) is 5.80. The Hall–Kier alpha value is -2.79. The minimum Gasteiger partial charge on any atom is -0.366 e. The highest BCUT2D eigenvalue weighted by atomic mass is 32.2. The van der Waals surface area contributed by atoms with Crippen molar-refractivity contribution < 1.29 is 17.9 Å². The first-order valence-corrected chi connectivity index (χ1v) is 11.7. The first-order valence-electron chi connectivity index (χ1n) is 10.2. The van der Waals surface area contributed by atoms with Gasteiger partial charge in [-0.05, 0) is 31.4 Å². The predicted octanol–water partition coefficient (Wildman–Crippen LogP) is 1.17. The average Bonchev–Trinajstić information content (AvgIpc) is 3.28. The Labute approximate surface area is 181 Å². The van der Waals surface area contributed by atoms with Gasteiger partial charge in [0, 0.05) is 12.1 Å². The number of morpholine rings is 1. The number of sulfonamides is 1. The lowest BCUT2D eigenvalue weighted by atomic mass is 10.0. The lowest BCUT2D eigenvalue weighted by Crippen LogP contribution is -2.47. The monoisotopic (exact) mass is 446 g/mol. The molecule has 31 heavy (non-hydrogen) atoms. The summed E-state index contributed by atoms with van der Waals surface area (Å²) >= 11 is 0. The molecule has 2 aliphatic rings. The molecule has 1 amide bonds. The van der Waals surface area contributed by atoms with Gasteiger partial charge in [0.25, 0.3) is 10.0 Å². The number of hydrogen-bond acceptors (Lipinski definition) is 7. The third-order valence-corrected chi connectivity index (χ3v) is 6.61. The zero-order valence-electron chi connectivity index (χ0n) is 17.7. The molecule has 0 saturated carbocycles. The zero-order chi connectivity index (χ0) is 22.2. The fourth-order valence-electron chi connectivity index (χ4n) is 3.76. The molecule has 4 rings (SSSR count). The van der Waals surface area contributed by atoms with Crippen LogP contribution < -0.4 is 4.72 Å². The maximum absolute atomic E-state index is 13.4. The molecule has 0 bridgehead atoms. The van der Waals surface area contributed by atoms with Crippen LogP contribution in [-0.2, 0) is 19.6 Å². The molecule has 2 atom stereocenters. The van der Waals surface area contributed by atoms with Crippen molar-refractivity contribution in [2.75, 3.05) is 19.7 Å². The minimum atomic E-state index is -3.67. The van der Waals surface area contributed by atoms with E-state index in [1.54, 1.807) is 30.0 Å². The van der Waals surface area contributed by atoms with Crippen molar-refractivity contribution in [2.45, 2.75) is 44.2 Å². The van der Waals surface area contributed by atoms with Crippen LogP contribution in [0.2, 0.25) is 0 Å². The highest BCUT2D eigenvalue weighted by molar-refractivity contribution is 7.90. The van der Waals surface area contributed by atoms with E-state index in [1.807, 2.05) is 13.8 Å². The molecule has 1 aromatic heterocycles. The van der Waals surface area contributed by atoms with Crippen molar-refractivity contribution in [3.63, 3.8) is 0 Å². The van der Waals surface area contributed by atoms with Gasteiger partial charge < -0.3 is 9.64 Å². The predicted molar refractivity (Wildman–Crippen MR) is 113 cm³/mol. The summed E-state index contributed by atoms with van der Waals surface area (Å²) in [6.07, 6.45) is 0.0781. The average molecular weight is 447 g/mol. The van der Waals surface area contributed by atoms with Crippen LogP contribution in [0.1, 0.15) is 43.6 Å². The summed E-state index contributed by atoms with van der Waals surface area (Å²) in [6.45, 7) is 6.93. The molecule has 0 radical (unpaired) electrons. The number of nitrogens with zero attached hydrogens (tertiary/aromatic N) is 4. The molecular weight excluding hydrogens is 420 g/mol. The van der Waals surface area contributed by atoms with Crippen LogP contribution in [-0.4, -0.2) is 66.0 Å². The fraction of sp³-hybridized carbons (Fsp3) is 0.500. The van der Waals surface area contributed by atoms with Crippen LogP contribution in [0.25, 0.3) is 0 Å². The zero-order valence-corrected chi connectivity index (χ0v) is 18.5. The summed E-state index contributed by atoms with van der Waals surface area (Å²) in [5, 5.41) is 6.94. The number of hydrogen-bond donors (Lipinski definition) is 2. The van der Waals surface area contributed by atoms with Gasteiger partial charge in [0.05, 0.1) is 18.0 Å². The molecule has 2 N–H and O–H groups in total. The summed E-state index contributed by atoms with van der Waals surface area (Å²) in [4.78, 5) is 24.2. The van der Waals surface area contributed by atoms with E-state index in [0.29, 0.717) is 43.3 Å². The van der Waals surface area contributed by atoms with Crippen molar-refractivity contribution in [2.24, 2.45) is 10.9 Å². The third kappa shape index (κ3) is 4.47. The van der Waals surface area contributed by atoms with E-state index >= 15 is 0 Å². The number of aromatic amines is 1. The second-order valence-corrected chi connectivity index (χ2v) is 9.80. The number of rotatable bonds is 5. The highest BCUT2D eigenvalue weighted by Crippen LogP contribution is 2.25. The van der Waals surface area contributed by atoms with E-state index in [1.165, 1.54) is 6.07 Å². The van der Waals surface area contributed by atoms with Crippen molar-refractivity contribution >= 4 is 21.8 Å². The number of fused-ring (bicyclic) bond motifs is 1. The van der Waals surface area contributed by atoms with Crippen LogP contribution >= 0.6 is 0 Å². The molecule has 10 nitrogen and oxygen atoms in total. The van der Waals surface area contributed by atoms with Crippen molar-refractivity contribution in [3.05, 3.63) is 41.5 Å². The van der Waals surface area contributed by atoms with Gasteiger partial charge in [-0.15, -0.1) is 0 Å². The summed E-state index contributed by atoms with van der Waals surface area (Å²) in [5.74, 6) is 1.44. The summed E-state index contributed by atoms with van der Waals surface area (Å²) in [5.41, 5.74) is 0.486. The molecular formula is C20H26N6O4S. The van der Waals surface area contributed by atoms with Crippen LogP contribution in [0.5, 0.6) is 0 Å². The molecule has 2 unspecified atom stereocenters. The smallest absolute Gasteiger partial charge is 0.263 e. The SMILES string of the molecule is Cc1nc(C2CN(C(=O)C(CC(C)C)N=C3NS(=O)(=O)c4ccccc43)CCO2)n[nH]1. The van der Waals surface area contributed by atoms with Gasteiger partial charge in [0.1, 0.15) is 23.8 Å². The largest absolute Gasteiger partial charge is 0.366 e. The van der Waals surface area contributed by atoms with Crippen molar-refractivity contribution in [3.8, 4) is 0 Å². The van der Waals surface area contributed by atoms with E-state index in [-0.39, 0.29) is 22.6 Å². The lowest BCUT2D eigenvalue weighted by Gasteiger charge is -2.33. The maximum atomic E-state index is 13.4. The molecule has 11 heteroatoms. The van der Waals surface area contributed by atoms with Gasteiger partial charge in [0.15, 0.2) is 5.82 Å². The van der Waals surface area contributed by atoms with Crippen LogP contribution in [0.3, 0.4) is 0 Å². The highest BCUT2D eigenvalue weighted by Gasteiger charge is 2.35. The molecule has 2 aromatic rings. The van der Waals surface area contributed by atoms with Gasteiger partial charge in [-0.25, -0.2) is 13.4 Å². The quantitative estimate of drug-likeness (QED) is 0.709. The normalized spacial score (nSPS) is 22.4. The van der Waals surface area contributed by atoms with Crippen LogP contribution in [0, 0.1) is 12.8 Å². The first kappa shape index (κ1) is 21.4. The molecule has 3 heterocycles. The summed E-state index contributed by atoms with van der Waals surface area (Å²) < 4.78 is 33.1. The number of amidine groups is 1. The molecule has 2 aliphatic heterocycles. The van der Waals surface area contributed by atoms with Gasteiger partial charge in [-0.1, -0.05) is 26.0 Å². The van der Waals surface area contributed by atoms with Crippen molar-refractivity contribution in [1.29, 1.82) is 0 Å². The molecule has 1 fully saturated rings. The minimum absolute atomic E-state index is 0.162. The van der Waals surface area contributed by atoms with Gasteiger partial charge in [-0.3, -0.25) is 19.6 Å². The maximum Gasteiger partial charge on any atom is 0.263 e. The Bertz CT molecular complexity index is 1110. The molecule has 1 aromatic carbocycles. The lowest BCUT2D eigenvalue weighted by molar-refractivity contribution is -0.141. The van der Waals surface area contributed by atoms with Gasteiger partial charge in [0.2, 0.25) is 5.91 Å². The number of amides is 1. The van der Waals surface area contributed by atoms with Crippen molar-refractivity contribution in [1.82, 2.24) is 24.8 Å².